The van der Waals surface area contributed by atoms with Crippen LogP contribution in [0.5, 0.6) is 0 Å². The zero-order valence-electron chi connectivity index (χ0n) is 20.4. The number of hydrogen-bond acceptors (Lipinski definition) is 1. The molecule has 0 radical (unpaired) electrons. The van der Waals surface area contributed by atoms with Gasteiger partial charge in [0.2, 0.25) is 0 Å². The van der Waals surface area contributed by atoms with Gasteiger partial charge < -0.3 is 4.90 Å². The van der Waals surface area contributed by atoms with Gasteiger partial charge in [0.15, 0.2) is 0 Å². The number of unbranched alkanes of at least 4 members (excludes halogenated alkanes) is 17. The molecule has 0 spiro atoms. The molecule has 0 bridgehead atoms. The Labute approximate surface area is 204 Å². The molecule has 3 heteroatoms. The molecule has 1 atom stereocenters. The highest BCUT2D eigenvalue weighted by molar-refractivity contribution is 9.09. The summed E-state index contributed by atoms with van der Waals surface area (Å²) < 4.78 is 0. The molecule has 0 aromatic rings. The standard InChI is InChI=1S/C26H54BrN.BrH/c1-4-5-6-7-8-11-14-17-20-23-26(28(2)3)24-21-18-15-12-9-10-13-16-19-22-25-27;/h26H,4-25H2,1-3H3;1H. The zero-order valence-corrected chi connectivity index (χ0v) is 23.7. The van der Waals surface area contributed by atoms with Crippen LogP contribution < -0.4 is 0 Å². The summed E-state index contributed by atoms with van der Waals surface area (Å²) in [6, 6.07) is 0.819. The van der Waals surface area contributed by atoms with Crippen LogP contribution in [0.15, 0.2) is 0 Å². The molecule has 0 fully saturated rings. The summed E-state index contributed by atoms with van der Waals surface area (Å²) in [7, 11) is 4.57. The van der Waals surface area contributed by atoms with E-state index in [1.807, 2.05) is 0 Å². The van der Waals surface area contributed by atoms with Crippen LogP contribution >= 0.6 is 32.9 Å². The molecule has 29 heavy (non-hydrogen) atoms. The van der Waals surface area contributed by atoms with E-state index in [1.165, 1.54) is 140 Å². The third-order valence-electron chi connectivity index (χ3n) is 6.29. The molecule has 1 unspecified atom stereocenters. The summed E-state index contributed by atoms with van der Waals surface area (Å²) in [4.78, 5) is 2.48. The lowest BCUT2D eigenvalue weighted by atomic mass is 9.99. The maximum Gasteiger partial charge on any atom is 0.00891 e. The first-order valence-corrected chi connectivity index (χ1v) is 14.1. The third kappa shape index (κ3) is 25.1. The van der Waals surface area contributed by atoms with E-state index >= 15 is 0 Å². The number of rotatable bonds is 23. The fraction of sp³-hybridized carbons (Fsp3) is 1.00. The summed E-state index contributed by atoms with van der Waals surface area (Å²) in [6.07, 6.45) is 30.2. The molecule has 0 heterocycles. The summed E-state index contributed by atoms with van der Waals surface area (Å²) in [5.41, 5.74) is 0. The van der Waals surface area contributed by atoms with Crippen molar-refractivity contribution in [2.24, 2.45) is 0 Å². The second-order valence-corrected chi connectivity index (χ2v) is 10.0. The number of hydrogen-bond donors (Lipinski definition) is 0. The summed E-state index contributed by atoms with van der Waals surface area (Å²) in [5, 5.41) is 1.18. The van der Waals surface area contributed by atoms with Crippen LogP contribution in [-0.4, -0.2) is 30.4 Å². The van der Waals surface area contributed by atoms with Gasteiger partial charge in [-0.3, -0.25) is 0 Å². The molecule has 0 N–H and O–H groups in total. The van der Waals surface area contributed by atoms with Crippen LogP contribution in [0.3, 0.4) is 0 Å². The SMILES string of the molecule is Br.CCCCCCCCCCCC(CCCCCCCCCCCCBr)N(C)C. The molecule has 0 aliphatic heterocycles. The van der Waals surface area contributed by atoms with Crippen molar-refractivity contribution in [1.29, 1.82) is 0 Å². The summed E-state index contributed by atoms with van der Waals surface area (Å²) in [5.74, 6) is 0. The Morgan fingerprint density at radius 2 is 0.828 bits per heavy atom. The van der Waals surface area contributed by atoms with Crippen molar-refractivity contribution in [1.82, 2.24) is 4.90 Å². The van der Waals surface area contributed by atoms with Crippen LogP contribution in [0.4, 0.5) is 0 Å². The maximum atomic E-state index is 3.52. The number of halogens is 2. The van der Waals surface area contributed by atoms with Crippen LogP contribution in [0.1, 0.15) is 142 Å². The minimum atomic E-state index is 0. The second-order valence-electron chi connectivity index (χ2n) is 9.25. The Hall–Kier alpha value is 0.920. The van der Waals surface area contributed by atoms with Crippen molar-refractivity contribution < 1.29 is 0 Å². The van der Waals surface area contributed by atoms with Crippen molar-refractivity contribution in [2.45, 2.75) is 148 Å². The summed E-state index contributed by atoms with van der Waals surface area (Å²) in [6.45, 7) is 2.30. The lowest BCUT2D eigenvalue weighted by Crippen LogP contribution is -2.27. The Bertz CT molecular complexity index is 284. The fourth-order valence-corrected chi connectivity index (χ4v) is 4.64. The van der Waals surface area contributed by atoms with Gasteiger partial charge in [0.25, 0.3) is 0 Å². The average molecular weight is 542 g/mol. The Kier molecular flexibility index (Phi) is 29.8. The molecule has 1 nitrogen and oxygen atoms in total. The van der Waals surface area contributed by atoms with Gasteiger partial charge in [-0.2, -0.15) is 0 Å². The zero-order chi connectivity index (χ0) is 20.7. The molecular weight excluding hydrogens is 486 g/mol. The average Bonchev–Trinajstić information content (AvgIpc) is 2.68. The monoisotopic (exact) mass is 539 g/mol. The first-order valence-electron chi connectivity index (χ1n) is 12.9. The molecule has 0 aliphatic rings. The minimum Gasteiger partial charge on any atom is -0.306 e. The van der Waals surface area contributed by atoms with Crippen molar-refractivity contribution in [3.8, 4) is 0 Å². The Balaban J connectivity index is 0. The molecule has 0 aliphatic carbocycles. The van der Waals surface area contributed by atoms with Gasteiger partial charge >= 0.3 is 0 Å². The van der Waals surface area contributed by atoms with E-state index in [0.29, 0.717) is 0 Å². The molecule has 0 saturated heterocycles. The third-order valence-corrected chi connectivity index (χ3v) is 6.85. The molecule has 0 rings (SSSR count). The molecule has 0 amide bonds. The molecule has 178 valence electrons. The quantitative estimate of drug-likeness (QED) is 0.0919. The van der Waals surface area contributed by atoms with Crippen molar-refractivity contribution in [3.63, 3.8) is 0 Å². The van der Waals surface area contributed by atoms with Crippen molar-refractivity contribution in [3.05, 3.63) is 0 Å². The van der Waals surface area contributed by atoms with Gasteiger partial charge in [0.05, 0.1) is 0 Å². The Morgan fingerprint density at radius 1 is 0.517 bits per heavy atom. The minimum absolute atomic E-state index is 0. The van der Waals surface area contributed by atoms with Gasteiger partial charge in [-0.15, -0.1) is 17.0 Å². The predicted molar refractivity (Wildman–Crippen MR) is 144 cm³/mol. The van der Waals surface area contributed by atoms with E-state index < -0.39 is 0 Å². The number of alkyl halides is 1. The molecule has 0 aromatic heterocycles. The molecule has 0 aromatic carbocycles. The largest absolute Gasteiger partial charge is 0.306 e. The van der Waals surface area contributed by atoms with Gasteiger partial charge in [-0.25, -0.2) is 0 Å². The lowest BCUT2D eigenvalue weighted by molar-refractivity contribution is 0.251. The smallest absolute Gasteiger partial charge is 0.00891 e. The molecule has 0 saturated carbocycles. The maximum absolute atomic E-state index is 3.52. The van der Waals surface area contributed by atoms with Gasteiger partial charge in [0.1, 0.15) is 0 Å². The highest BCUT2D eigenvalue weighted by Crippen LogP contribution is 2.18. The second kappa shape index (κ2) is 27.0. The topological polar surface area (TPSA) is 3.24 Å². The highest BCUT2D eigenvalue weighted by Gasteiger charge is 2.10. The van der Waals surface area contributed by atoms with E-state index in [4.69, 9.17) is 0 Å². The predicted octanol–water partition coefficient (Wildman–Crippen LogP) is 10.1. The van der Waals surface area contributed by atoms with Crippen molar-refractivity contribution >= 4 is 32.9 Å². The molecular formula is C26H55Br2N. The lowest BCUT2D eigenvalue weighted by Gasteiger charge is -2.24. The van der Waals surface area contributed by atoms with E-state index in [1.54, 1.807) is 0 Å². The highest BCUT2D eigenvalue weighted by atomic mass is 79.9. The Morgan fingerprint density at radius 3 is 1.14 bits per heavy atom. The first kappa shape index (κ1) is 32.1. The van der Waals surface area contributed by atoms with Crippen molar-refractivity contribution in [2.75, 3.05) is 19.4 Å². The van der Waals surface area contributed by atoms with E-state index in [0.717, 1.165) is 6.04 Å². The van der Waals surface area contributed by atoms with E-state index in [-0.39, 0.29) is 17.0 Å². The summed E-state index contributed by atoms with van der Waals surface area (Å²) >= 11 is 3.52. The van der Waals surface area contributed by atoms with Gasteiger partial charge in [-0.05, 0) is 33.4 Å². The van der Waals surface area contributed by atoms with Crippen LogP contribution in [0.2, 0.25) is 0 Å². The van der Waals surface area contributed by atoms with Crippen LogP contribution in [0.25, 0.3) is 0 Å². The van der Waals surface area contributed by atoms with E-state index in [9.17, 15) is 0 Å². The van der Waals surface area contributed by atoms with Gasteiger partial charge in [0, 0.05) is 11.4 Å². The van der Waals surface area contributed by atoms with Crippen LogP contribution in [0, 0.1) is 0 Å². The first-order chi connectivity index (χ1) is 13.7. The normalized spacial score (nSPS) is 12.3. The van der Waals surface area contributed by atoms with Gasteiger partial charge in [-0.1, -0.05) is 138 Å². The fourth-order valence-electron chi connectivity index (χ4n) is 4.24. The number of nitrogens with zero attached hydrogens (tertiary/aromatic N) is 1. The van der Waals surface area contributed by atoms with E-state index in [2.05, 4.69) is 41.8 Å². The van der Waals surface area contributed by atoms with Crippen LogP contribution in [-0.2, 0) is 0 Å².